The smallest absolute Gasteiger partial charge is 0.356 e. The van der Waals surface area contributed by atoms with Gasteiger partial charge in [-0.1, -0.05) is 17.9 Å². The minimum absolute atomic E-state index is 0.307. The summed E-state index contributed by atoms with van der Waals surface area (Å²) in [6, 6.07) is 7.72. The number of benzene rings is 1. The van der Waals surface area contributed by atoms with Crippen molar-refractivity contribution in [3.8, 4) is 11.8 Å². The molecule has 3 aromatic rings. The lowest BCUT2D eigenvalue weighted by Crippen LogP contribution is -2.10. The molecule has 0 saturated heterocycles. The number of nitrogens with one attached hydrogen (secondary N) is 1. The second kappa shape index (κ2) is 6.73. The molecular formula is C19H19N3O2. The fraction of sp³-hybridized carbons (Fsp3) is 0.263. The van der Waals surface area contributed by atoms with E-state index in [1.807, 2.05) is 37.2 Å². The predicted octanol–water partition coefficient (Wildman–Crippen LogP) is 2.81. The number of esters is 1. The molecule has 0 atom stereocenters. The normalized spacial score (nSPS) is 10.8. The zero-order valence-electron chi connectivity index (χ0n) is 14.0. The summed E-state index contributed by atoms with van der Waals surface area (Å²) < 4.78 is 5.04. The van der Waals surface area contributed by atoms with Crippen molar-refractivity contribution < 1.29 is 9.53 Å². The monoisotopic (exact) mass is 321 g/mol. The van der Waals surface area contributed by atoms with E-state index < -0.39 is 5.97 Å². The third kappa shape index (κ3) is 3.10. The Morgan fingerprint density at radius 1 is 1.33 bits per heavy atom. The fourth-order valence-electron chi connectivity index (χ4n) is 2.57. The maximum Gasteiger partial charge on any atom is 0.356 e. The van der Waals surface area contributed by atoms with E-state index in [2.05, 4.69) is 21.8 Å². The SMILES string of the molecule is CCOC(=O)c1cc2c(cn1)[nH]c1cccc(C#CCN(C)C)c12. The summed E-state index contributed by atoms with van der Waals surface area (Å²) in [4.78, 5) is 21.5. The fourth-order valence-corrected chi connectivity index (χ4v) is 2.57. The molecule has 0 radical (unpaired) electrons. The van der Waals surface area contributed by atoms with Gasteiger partial charge in [-0.25, -0.2) is 9.78 Å². The van der Waals surface area contributed by atoms with Crippen LogP contribution in [-0.4, -0.2) is 48.1 Å². The number of hydrogen-bond donors (Lipinski definition) is 1. The van der Waals surface area contributed by atoms with Crippen LogP contribution in [0.5, 0.6) is 0 Å². The lowest BCUT2D eigenvalue weighted by Gasteiger charge is -2.02. The minimum atomic E-state index is -0.412. The summed E-state index contributed by atoms with van der Waals surface area (Å²) in [7, 11) is 3.97. The topological polar surface area (TPSA) is 58.2 Å². The van der Waals surface area contributed by atoms with Gasteiger partial charge in [0, 0.05) is 21.9 Å². The van der Waals surface area contributed by atoms with Crippen molar-refractivity contribution in [1.82, 2.24) is 14.9 Å². The van der Waals surface area contributed by atoms with E-state index in [4.69, 9.17) is 4.74 Å². The molecule has 0 saturated carbocycles. The van der Waals surface area contributed by atoms with Gasteiger partial charge in [0.1, 0.15) is 5.69 Å². The highest BCUT2D eigenvalue weighted by atomic mass is 16.5. The Bertz CT molecular complexity index is 961. The number of carbonyl (C=O) groups is 1. The predicted molar refractivity (Wildman–Crippen MR) is 95.0 cm³/mol. The maximum atomic E-state index is 11.9. The third-order valence-electron chi connectivity index (χ3n) is 3.61. The van der Waals surface area contributed by atoms with Crippen LogP contribution in [-0.2, 0) is 4.74 Å². The van der Waals surface area contributed by atoms with Crippen molar-refractivity contribution in [3.63, 3.8) is 0 Å². The highest BCUT2D eigenvalue weighted by Crippen LogP contribution is 2.28. The molecule has 1 aromatic carbocycles. The van der Waals surface area contributed by atoms with Crippen LogP contribution < -0.4 is 0 Å². The first-order chi connectivity index (χ1) is 11.6. The molecule has 5 heteroatoms. The zero-order valence-corrected chi connectivity index (χ0v) is 14.0. The van der Waals surface area contributed by atoms with Crippen molar-refractivity contribution in [2.45, 2.75) is 6.92 Å². The number of rotatable bonds is 3. The number of aromatic amines is 1. The molecule has 0 aliphatic rings. The standard InChI is InChI=1S/C19H19N3O2/c1-4-24-19(23)16-11-14-17(12-20-16)21-15-9-5-7-13(18(14)15)8-6-10-22(2)3/h5,7,9,11-12,21H,4,10H2,1-3H3. The van der Waals surface area contributed by atoms with E-state index in [1.165, 1.54) is 0 Å². The van der Waals surface area contributed by atoms with E-state index in [0.717, 1.165) is 27.4 Å². The molecule has 0 fully saturated rings. The number of ether oxygens (including phenoxy) is 1. The van der Waals surface area contributed by atoms with Crippen LogP contribution in [0.25, 0.3) is 21.8 Å². The van der Waals surface area contributed by atoms with Crippen LogP contribution >= 0.6 is 0 Å². The number of H-pyrrole nitrogens is 1. The molecular weight excluding hydrogens is 302 g/mol. The number of nitrogens with zero attached hydrogens (tertiary/aromatic N) is 2. The molecule has 5 nitrogen and oxygen atoms in total. The average molecular weight is 321 g/mol. The molecule has 122 valence electrons. The van der Waals surface area contributed by atoms with Gasteiger partial charge in [-0.05, 0) is 39.2 Å². The van der Waals surface area contributed by atoms with Crippen LogP contribution in [0.4, 0.5) is 0 Å². The number of fused-ring (bicyclic) bond motifs is 3. The molecule has 0 amide bonds. The highest BCUT2D eigenvalue weighted by Gasteiger charge is 2.13. The largest absolute Gasteiger partial charge is 0.461 e. The Kier molecular flexibility index (Phi) is 4.50. The second-order valence-electron chi connectivity index (χ2n) is 5.73. The van der Waals surface area contributed by atoms with Gasteiger partial charge < -0.3 is 9.72 Å². The number of carbonyl (C=O) groups excluding carboxylic acids is 1. The summed E-state index contributed by atoms with van der Waals surface area (Å²) >= 11 is 0. The summed E-state index contributed by atoms with van der Waals surface area (Å²) in [5, 5.41) is 1.93. The van der Waals surface area contributed by atoms with Crippen LogP contribution in [0.1, 0.15) is 23.0 Å². The quantitative estimate of drug-likeness (QED) is 0.595. The highest BCUT2D eigenvalue weighted by molar-refractivity contribution is 6.11. The van der Waals surface area contributed by atoms with E-state index in [-0.39, 0.29) is 0 Å². The summed E-state index contributed by atoms with van der Waals surface area (Å²) in [5.41, 5.74) is 3.09. The third-order valence-corrected chi connectivity index (χ3v) is 3.61. The Labute approximate surface area is 140 Å². The minimum Gasteiger partial charge on any atom is -0.461 e. The lowest BCUT2D eigenvalue weighted by atomic mass is 10.1. The van der Waals surface area contributed by atoms with Gasteiger partial charge >= 0.3 is 5.97 Å². The molecule has 0 aliphatic heterocycles. The van der Waals surface area contributed by atoms with Crippen molar-refractivity contribution in [1.29, 1.82) is 0 Å². The molecule has 3 rings (SSSR count). The Hall–Kier alpha value is -2.84. The molecule has 0 unspecified atom stereocenters. The Morgan fingerprint density at radius 2 is 2.17 bits per heavy atom. The molecule has 2 heterocycles. The number of pyridine rings is 1. The van der Waals surface area contributed by atoms with E-state index in [0.29, 0.717) is 18.8 Å². The second-order valence-corrected chi connectivity index (χ2v) is 5.73. The molecule has 2 aromatic heterocycles. The average Bonchev–Trinajstić information content (AvgIpc) is 2.93. The molecule has 0 aliphatic carbocycles. The number of hydrogen-bond acceptors (Lipinski definition) is 4. The van der Waals surface area contributed by atoms with Crippen molar-refractivity contribution in [2.75, 3.05) is 27.2 Å². The van der Waals surface area contributed by atoms with Crippen LogP contribution in [0.3, 0.4) is 0 Å². The van der Waals surface area contributed by atoms with E-state index in [9.17, 15) is 4.79 Å². The van der Waals surface area contributed by atoms with Crippen molar-refractivity contribution in [2.24, 2.45) is 0 Å². The van der Waals surface area contributed by atoms with Gasteiger partial charge in [-0.15, -0.1) is 0 Å². The first kappa shape index (κ1) is 16.0. The van der Waals surface area contributed by atoms with Crippen LogP contribution in [0, 0.1) is 11.8 Å². The van der Waals surface area contributed by atoms with Gasteiger partial charge in [0.25, 0.3) is 0 Å². The van der Waals surface area contributed by atoms with Gasteiger partial charge in [-0.3, -0.25) is 4.90 Å². The molecule has 1 N–H and O–H groups in total. The van der Waals surface area contributed by atoms with E-state index in [1.54, 1.807) is 19.2 Å². The Balaban J connectivity index is 2.15. The molecule has 0 spiro atoms. The summed E-state index contributed by atoms with van der Waals surface area (Å²) in [5.74, 6) is 5.97. The summed E-state index contributed by atoms with van der Waals surface area (Å²) in [6.07, 6.45) is 1.67. The molecule has 24 heavy (non-hydrogen) atoms. The first-order valence-corrected chi connectivity index (χ1v) is 7.81. The van der Waals surface area contributed by atoms with Gasteiger partial charge in [0.2, 0.25) is 0 Å². The first-order valence-electron chi connectivity index (χ1n) is 7.81. The lowest BCUT2D eigenvalue weighted by molar-refractivity contribution is 0.0520. The van der Waals surface area contributed by atoms with Crippen molar-refractivity contribution in [3.05, 3.63) is 41.7 Å². The van der Waals surface area contributed by atoms with Gasteiger partial charge in [0.15, 0.2) is 0 Å². The maximum absolute atomic E-state index is 11.9. The van der Waals surface area contributed by atoms with Crippen LogP contribution in [0.15, 0.2) is 30.5 Å². The van der Waals surface area contributed by atoms with Crippen molar-refractivity contribution >= 4 is 27.8 Å². The van der Waals surface area contributed by atoms with Gasteiger partial charge in [-0.2, -0.15) is 0 Å². The van der Waals surface area contributed by atoms with E-state index >= 15 is 0 Å². The van der Waals surface area contributed by atoms with Gasteiger partial charge in [0.05, 0.1) is 24.9 Å². The Morgan fingerprint density at radius 3 is 2.92 bits per heavy atom. The summed E-state index contributed by atoms with van der Waals surface area (Å²) in [6.45, 7) is 2.79. The zero-order chi connectivity index (χ0) is 17.1. The number of aromatic nitrogens is 2. The van der Waals surface area contributed by atoms with Crippen LogP contribution in [0.2, 0.25) is 0 Å². The molecule has 0 bridgehead atoms.